The van der Waals surface area contributed by atoms with Gasteiger partial charge < -0.3 is 19.0 Å². The maximum absolute atomic E-state index is 12.9. The molecule has 2 atom stereocenters. The quantitative estimate of drug-likeness (QED) is 0.609. The van der Waals surface area contributed by atoms with Crippen LogP contribution < -0.4 is 5.32 Å². The van der Waals surface area contributed by atoms with Crippen LogP contribution in [0.15, 0.2) is 21.1 Å². The number of amides is 1. The molecule has 1 aliphatic carbocycles. The van der Waals surface area contributed by atoms with Gasteiger partial charge in [0.2, 0.25) is 0 Å². The standard InChI is InChI=1S/C23H27N3O5/c1-12-7-5-6-8-18(12)24-20(27)11-29-23(28)17-10-19(16-9-13(2)30-15(16)4)25-22-21(17)14(3)26-31-22/h9-10,12,18H,5-8,11H2,1-4H3,(H,24,27). The summed E-state index contributed by atoms with van der Waals surface area (Å²) >= 11 is 0. The molecule has 0 saturated heterocycles. The van der Waals surface area contributed by atoms with E-state index in [1.165, 1.54) is 6.42 Å². The summed E-state index contributed by atoms with van der Waals surface area (Å²) in [5, 5.41) is 7.41. The Balaban J connectivity index is 1.55. The summed E-state index contributed by atoms with van der Waals surface area (Å²) in [6.45, 7) is 7.20. The Morgan fingerprint density at radius 3 is 2.68 bits per heavy atom. The molecule has 1 N–H and O–H groups in total. The highest BCUT2D eigenvalue weighted by molar-refractivity contribution is 6.04. The minimum atomic E-state index is -0.621. The van der Waals surface area contributed by atoms with Crippen LogP contribution in [0.1, 0.15) is 60.2 Å². The van der Waals surface area contributed by atoms with E-state index in [-0.39, 0.29) is 29.8 Å². The largest absolute Gasteiger partial charge is 0.466 e. The van der Waals surface area contributed by atoms with Gasteiger partial charge in [-0.3, -0.25) is 4.79 Å². The number of carbonyl (C=O) groups is 2. The first-order chi connectivity index (χ1) is 14.8. The predicted molar refractivity (Wildman–Crippen MR) is 114 cm³/mol. The number of nitrogens with one attached hydrogen (secondary N) is 1. The number of fused-ring (bicyclic) bond motifs is 1. The van der Waals surface area contributed by atoms with Gasteiger partial charge in [-0.2, -0.15) is 0 Å². The molecule has 1 fully saturated rings. The number of carbonyl (C=O) groups excluding carboxylic acids is 2. The first-order valence-electron chi connectivity index (χ1n) is 10.6. The zero-order valence-corrected chi connectivity index (χ0v) is 18.3. The number of esters is 1. The van der Waals surface area contributed by atoms with E-state index in [4.69, 9.17) is 13.7 Å². The maximum atomic E-state index is 12.9. The smallest absolute Gasteiger partial charge is 0.339 e. The molecular formula is C23H27N3O5. The van der Waals surface area contributed by atoms with E-state index in [1.54, 1.807) is 13.0 Å². The van der Waals surface area contributed by atoms with Gasteiger partial charge in [0, 0.05) is 11.6 Å². The molecule has 3 heterocycles. The second kappa shape index (κ2) is 8.53. The number of pyridine rings is 1. The van der Waals surface area contributed by atoms with Gasteiger partial charge in [-0.05, 0) is 51.7 Å². The van der Waals surface area contributed by atoms with Crippen LogP contribution in [0, 0.1) is 26.7 Å². The van der Waals surface area contributed by atoms with Crippen LogP contribution in [-0.2, 0) is 9.53 Å². The summed E-state index contributed by atoms with van der Waals surface area (Å²) < 4.78 is 16.3. The molecule has 0 bridgehead atoms. The predicted octanol–water partition coefficient (Wildman–Crippen LogP) is 4.26. The Morgan fingerprint density at radius 2 is 1.97 bits per heavy atom. The number of rotatable bonds is 5. The minimum absolute atomic E-state index is 0.131. The van der Waals surface area contributed by atoms with E-state index in [0.29, 0.717) is 28.5 Å². The number of nitrogens with zero attached hydrogens (tertiary/aromatic N) is 2. The van der Waals surface area contributed by atoms with E-state index in [0.717, 1.165) is 30.6 Å². The number of aromatic nitrogens is 2. The number of ether oxygens (including phenoxy) is 1. The van der Waals surface area contributed by atoms with Crippen molar-refractivity contribution in [1.82, 2.24) is 15.5 Å². The summed E-state index contributed by atoms with van der Waals surface area (Å²) in [6.07, 6.45) is 4.35. The van der Waals surface area contributed by atoms with Gasteiger partial charge in [0.25, 0.3) is 11.6 Å². The van der Waals surface area contributed by atoms with Crippen LogP contribution in [0.2, 0.25) is 0 Å². The molecule has 1 saturated carbocycles. The SMILES string of the molecule is Cc1cc(-c2cc(C(=O)OCC(=O)NC3CCCCC3C)c3c(C)noc3n2)c(C)o1. The molecule has 0 aliphatic heterocycles. The van der Waals surface area contributed by atoms with Gasteiger partial charge >= 0.3 is 5.97 Å². The minimum Gasteiger partial charge on any atom is -0.466 e. The number of aryl methyl sites for hydroxylation is 3. The summed E-state index contributed by atoms with van der Waals surface area (Å²) in [5.74, 6) is 0.935. The molecule has 1 aliphatic rings. The average Bonchev–Trinajstić information content (AvgIpc) is 3.28. The van der Waals surface area contributed by atoms with Crippen LogP contribution >= 0.6 is 0 Å². The molecule has 0 radical (unpaired) electrons. The zero-order chi connectivity index (χ0) is 22.1. The van der Waals surface area contributed by atoms with Crippen LogP contribution in [0.4, 0.5) is 0 Å². The number of hydrogen-bond donors (Lipinski definition) is 1. The third kappa shape index (κ3) is 4.33. The van der Waals surface area contributed by atoms with Crippen LogP contribution in [0.25, 0.3) is 22.4 Å². The van der Waals surface area contributed by atoms with Crippen molar-refractivity contribution >= 4 is 23.0 Å². The highest BCUT2D eigenvalue weighted by Crippen LogP contribution is 2.31. The number of furan rings is 1. The number of hydrogen-bond acceptors (Lipinski definition) is 7. The lowest BCUT2D eigenvalue weighted by molar-refractivity contribution is -0.125. The van der Waals surface area contributed by atoms with Crippen molar-refractivity contribution < 1.29 is 23.3 Å². The van der Waals surface area contributed by atoms with Crippen molar-refractivity contribution in [3.8, 4) is 11.3 Å². The lowest BCUT2D eigenvalue weighted by atomic mass is 9.86. The Hall–Kier alpha value is -3.16. The van der Waals surface area contributed by atoms with E-state index < -0.39 is 5.97 Å². The van der Waals surface area contributed by atoms with Crippen LogP contribution in [0.5, 0.6) is 0 Å². The van der Waals surface area contributed by atoms with Gasteiger partial charge in [-0.1, -0.05) is 24.9 Å². The fourth-order valence-corrected chi connectivity index (χ4v) is 4.27. The van der Waals surface area contributed by atoms with E-state index in [2.05, 4.69) is 22.4 Å². The van der Waals surface area contributed by atoms with Crippen molar-refractivity contribution in [3.05, 3.63) is 34.9 Å². The zero-order valence-electron chi connectivity index (χ0n) is 18.3. The first-order valence-corrected chi connectivity index (χ1v) is 10.6. The summed E-state index contributed by atoms with van der Waals surface area (Å²) in [7, 11) is 0. The molecule has 2 unspecified atom stereocenters. The van der Waals surface area contributed by atoms with Crippen molar-refractivity contribution in [2.24, 2.45) is 5.92 Å². The molecule has 1 amide bonds. The van der Waals surface area contributed by atoms with Gasteiger partial charge in [-0.15, -0.1) is 0 Å². The fourth-order valence-electron chi connectivity index (χ4n) is 4.27. The van der Waals surface area contributed by atoms with Gasteiger partial charge in [0.05, 0.1) is 22.3 Å². The topological polar surface area (TPSA) is 107 Å². The fraction of sp³-hybridized carbons (Fsp3) is 0.478. The normalized spacial score (nSPS) is 18.8. The van der Waals surface area contributed by atoms with Crippen molar-refractivity contribution in [1.29, 1.82) is 0 Å². The van der Waals surface area contributed by atoms with Gasteiger partial charge in [0.1, 0.15) is 11.5 Å². The summed E-state index contributed by atoms with van der Waals surface area (Å²) in [4.78, 5) is 29.8. The molecule has 31 heavy (non-hydrogen) atoms. The van der Waals surface area contributed by atoms with Crippen molar-refractivity contribution in [2.45, 2.75) is 59.4 Å². The highest BCUT2D eigenvalue weighted by atomic mass is 16.5. The Morgan fingerprint density at radius 1 is 1.19 bits per heavy atom. The van der Waals surface area contributed by atoms with Crippen LogP contribution in [-0.4, -0.2) is 34.7 Å². The monoisotopic (exact) mass is 425 g/mol. The first kappa shape index (κ1) is 21.1. The van der Waals surface area contributed by atoms with Gasteiger partial charge in [-0.25, -0.2) is 9.78 Å². The molecule has 164 valence electrons. The van der Waals surface area contributed by atoms with Crippen molar-refractivity contribution in [2.75, 3.05) is 6.61 Å². The molecule has 0 aromatic carbocycles. The lowest BCUT2D eigenvalue weighted by Gasteiger charge is -2.29. The van der Waals surface area contributed by atoms with Gasteiger partial charge in [0.15, 0.2) is 6.61 Å². The third-order valence-electron chi connectivity index (χ3n) is 5.95. The van der Waals surface area contributed by atoms with E-state index in [9.17, 15) is 9.59 Å². The summed E-state index contributed by atoms with van der Waals surface area (Å²) in [6, 6.07) is 3.61. The molecule has 8 nitrogen and oxygen atoms in total. The van der Waals surface area contributed by atoms with Crippen molar-refractivity contribution in [3.63, 3.8) is 0 Å². The lowest BCUT2D eigenvalue weighted by Crippen LogP contribution is -2.42. The second-order valence-corrected chi connectivity index (χ2v) is 8.34. The molecule has 0 spiro atoms. The van der Waals surface area contributed by atoms with E-state index >= 15 is 0 Å². The maximum Gasteiger partial charge on any atom is 0.339 e. The Kier molecular flexibility index (Phi) is 5.80. The van der Waals surface area contributed by atoms with E-state index in [1.807, 2.05) is 19.9 Å². The molecular weight excluding hydrogens is 398 g/mol. The second-order valence-electron chi connectivity index (χ2n) is 8.34. The molecule has 4 rings (SSSR count). The molecule has 8 heteroatoms. The highest BCUT2D eigenvalue weighted by Gasteiger charge is 2.25. The molecule has 3 aromatic rings. The summed E-state index contributed by atoms with van der Waals surface area (Å²) in [5.41, 5.74) is 2.30. The molecule has 3 aromatic heterocycles. The average molecular weight is 425 g/mol. The third-order valence-corrected chi connectivity index (χ3v) is 5.95. The van der Waals surface area contributed by atoms with Crippen LogP contribution in [0.3, 0.4) is 0 Å². The Bertz CT molecular complexity index is 1130. The Labute approximate surface area is 180 Å².